The molecule has 0 radical (unpaired) electrons. The molecule has 0 atom stereocenters. The van der Waals surface area contributed by atoms with Crippen LogP contribution in [-0.2, 0) is 20.4 Å². The van der Waals surface area contributed by atoms with Gasteiger partial charge in [0, 0.05) is 28.7 Å². The highest BCUT2D eigenvalue weighted by Crippen LogP contribution is 2.57. The normalized spacial score (nSPS) is 15.3. The molecule has 0 spiro atoms. The van der Waals surface area contributed by atoms with Crippen LogP contribution in [0.2, 0.25) is 0 Å². The summed E-state index contributed by atoms with van der Waals surface area (Å²) in [6.07, 6.45) is 0. The quantitative estimate of drug-likeness (QED) is 0.181. The Balaban J connectivity index is 1.74. The summed E-state index contributed by atoms with van der Waals surface area (Å²) in [7, 11) is 0. The Morgan fingerprint density at radius 1 is 0.784 bits per heavy atom. The lowest BCUT2D eigenvalue weighted by Crippen LogP contribution is -2.24. The van der Waals surface area contributed by atoms with Crippen molar-refractivity contribution in [3.05, 3.63) is 100 Å². The lowest BCUT2D eigenvalue weighted by atomic mass is 9.72. The van der Waals surface area contributed by atoms with E-state index in [1.807, 2.05) is 60.7 Å². The standard InChI is InChI=1S/C32H26O5/c1-17(33)36-24-16-23-25(20-14-10-9-13-19(20)24)26-21(32(23,4)5)15-22(27-28(26)30(35)37-29(27)34)31(2,3)18-11-7-6-8-12-18/h6-16H,1-5H3. The van der Waals surface area contributed by atoms with Crippen molar-refractivity contribution in [3.63, 3.8) is 0 Å². The monoisotopic (exact) mass is 490 g/mol. The van der Waals surface area contributed by atoms with Gasteiger partial charge in [0.05, 0.1) is 11.1 Å². The Labute approximate surface area is 215 Å². The zero-order valence-corrected chi connectivity index (χ0v) is 21.4. The van der Waals surface area contributed by atoms with Gasteiger partial charge in [0.2, 0.25) is 0 Å². The van der Waals surface area contributed by atoms with E-state index in [4.69, 9.17) is 9.47 Å². The maximum atomic E-state index is 13.3. The van der Waals surface area contributed by atoms with Gasteiger partial charge < -0.3 is 9.47 Å². The molecule has 5 nitrogen and oxygen atoms in total. The third kappa shape index (κ3) is 3.13. The molecule has 5 heteroatoms. The molecular weight excluding hydrogens is 464 g/mol. The van der Waals surface area contributed by atoms with Crippen LogP contribution >= 0.6 is 0 Å². The van der Waals surface area contributed by atoms with Crippen molar-refractivity contribution in [1.29, 1.82) is 0 Å². The van der Waals surface area contributed by atoms with Gasteiger partial charge in [-0.2, -0.15) is 0 Å². The SMILES string of the molecule is CC(=O)Oc1cc2c(c3ccccc13)-c1c(cc(C(C)(C)c3ccccc3)c3c1C(=O)OC3=O)C2(C)C. The Morgan fingerprint density at radius 3 is 2.05 bits per heavy atom. The van der Waals surface area contributed by atoms with Crippen molar-refractivity contribution in [2.45, 2.75) is 45.4 Å². The first kappa shape index (κ1) is 23.2. The summed E-state index contributed by atoms with van der Waals surface area (Å²) in [5.74, 6) is -1.17. The van der Waals surface area contributed by atoms with E-state index in [1.165, 1.54) is 6.92 Å². The fraction of sp³-hybridized carbons (Fsp3) is 0.219. The Bertz CT molecular complexity index is 1680. The smallest absolute Gasteiger partial charge is 0.347 e. The molecule has 37 heavy (non-hydrogen) atoms. The van der Waals surface area contributed by atoms with Crippen LogP contribution in [0.25, 0.3) is 21.9 Å². The van der Waals surface area contributed by atoms with Gasteiger partial charge in [-0.05, 0) is 39.3 Å². The number of carbonyl (C=O) groups is 3. The third-order valence-electron chi connectivity index (χ3n) is 7.95. The van der Waals surface area contributed by atoms with Crippen LogP contribution in [-0.4, -0.2) is 17.9 Å². The largest absolute Gasteiger partial charge is 0.426 e. The van der Waals surface area contributed by atoms with Crippen molar-refractivity contribution in [2.75, 3.05) is 0 Å². The second kappa shape index (κ2) is 7.62. The van der Waals surface area contributed by atoms with E-state index in [0.29, 0.717) is 16.9 Å². The molecule has 0 bridgehead atoms. The lowest BCUT2D eigenvalue weighted by molar-refractivity contribution is -0.131. The molecule has 1 aliphatic heterocycles. The average Bonchev–Trinajstić information content (AvgIpc) is 3.28. The number of rotatable bonds is 3. The van der Waals surface area contributed by atoms with Gasteiger partial charge >= 0.3 is 17.9 Å². The van der Waals surface area contributed by atoms with Gasteiger partial charge in [0.1, 0.15) is 5.75 Å². The number of ether oxygens (including phenoxy) is 2. The highest BCUT2D eigenvalue weighted by atomic mass is 16.6. The van der Waals surface area contributed by atoms with Gasteiger partial charge in [-0.3, -0.25) is 4.79 Å². The molecule has 4 aromatic carbocycles. The minimum atomic E-state index is -0.626. The van der Waals surface area contributed by atoms with Gasteiger partial charge in [-0.1, -0.05) is 88.4 Å². The molecule has 4 aromatic rings. The highest BCUT2D eigenvalue weighted by Gasteiger charge is 2.47. The molecule has 0 aromatic heterocycles. The molecule has 0 saturated heterocycles. The number of hydrogen-bond acceptors (Lipinski definition) is 5. The number of benzene rings is 4. The molecule has 184 valence electrons. The second-order valence-corrected chi connectivity index (χ2v) is 10.8. The fourth-order valence-electron chi connectivity index (χ4n) is 6.03. The van der Waals surface area contributed by atoms with Crippen LogP contribution in [0.3, 0.4) is 0 Å². The van der Waals surface area contributed by atoms with Gasteiger partial charge in [-0.25, -0.2) is 9.59 Å². The first-order valence-corrected chi connectivity index (χ1v) is 12.3. The first-order chi connectivity index (χ1) is 17.5. The summed E-state index contributed by atoms with van der Waals surface area (Å²) >= 11 is 0. The molecule has 0 amide bonds. The van der Waals surface area contributed by atoms with Crippen molar-refractivity contribution in [3.8, 4) is 16.9 Å². The summed E-state index contributed by atoms with van der Waals surface area (Å²) in [5.41, 5.74) is 4.80. The Kier molecular flexibility index (Phi) is 4.77. The van der Waals surface area contributed by atoms with Gasteiger partial charge in [-0.15, -0.1) is 0 Å². The van der Waals surface area contributed by atoms with Crippen molar-refractivity contribution >= 4 is 28.7 Å². The summed E-state index contributed by atoms with van der Waals surface area (Å²) in [4.78, 5) is 38.4. The minimum absolute atomic E-state index is 0.318. The molecule has 0 fully saturated rings. The number of esters is 3. The van der Waals surface area contributed by atoms with E-state index in [-0.39, 0.29) is 0 Å². The van der Waals surface area contributed by atoms with E-state index in [9.17, 15) is 14.4 Å². The van der Waals surface area contributed by atoms with E-state index in [0.717, 1.165) is 44.2 Å². The Hall–Kier alpha value is -4.25. The van der Waals surface area contributed by atoms with Crippen LogP contribution in [0.15, 0.2) is 66.7 Å². The van der Waals surface area contributed by atoms with E-state index >= 15 is 0 Å². The Morgan fingerprint density at radius 2 is 1.38 bits per heavy atom. The zero-order chi connectivity index (χ0) is 26.3. The number of fused-ring (bicyclic) bond motifs is 7. The third-order valence-corrected chi connectivity index (χ3v) is 7.95. The van der Waals surface area contributed by atoms with Crippen LogP contribution in [0.4, 0.5) is 0 Å². The molecule has 0 N–H and O–H groups in total. The molecule has 1 heterocycles. The first-order valence-electron chi connectivity index (χ1n) is 12.3. The van der Waals surface area contributed by atoms with Crippen molar-refractivity contribution < 1.29 is 23.9 Å². The molecular formula is C32H26O5. The zero-order valence-electron chi connectivity index (χ0n) is 21.4. The van der Waals surface area contributed by atoms with E-state index < -0.39 is 28.7 Å². The second-order valence-electron chi connectivity index (χ2n) is 10.8. The van der Waals surface area contributed by atoms with Crippen LogP contribution in [0.5, 0.6) is 5.75 Å². The molecule has 0 unspecified atom stereocenters. The predicted molar refractivity (Wildman–Crippen MR) is 141 cm³/mol. The molecule has 0 saturated carbocycles. The van der Waals surface area contributed by atoms with Crippen LogP contribution in [0, 0.1) is 0 Å². The molecule has 1 aliphatic carbocycles. The van der Waals surface area contributed by atoms with E-state index in [1.54, 1.807) is 0 Å². The van der Waals surface area contributed by atoms with Gasteiger partial charge in [0.15, 0.2) is 0 Å². The summed E-state index contributed by atoms with van der Waals surface area (Å²) in [6.45, 7) is 9.69. The summed E-state index contributed by atoms with van der Waals surface area (Å²) < 4.78 is 10.9. The predicted octanol–water partition coefficient (Wildman–Crippen LogP) is 6.71. The van der Waals surface area contributed by atoms with Gasteiger partial charge in [0.25, 0.3) is 0 Å². The molecule has 2 aliphatic rings. The maximum absolute atomic E-state index is 13.3. The minimum Gasteiger partial charge on any atom is -0.426 e. The number of carbonyl (C=O) groups excluding carboxylic acids is 3. The van der Waals surface area contributed by atoms with Crippen molar-refractivity contribution in [1.82, 2.24) is 0 Å². The number of hydrogen-bond donors (Lipinski definition) is 0. The number of cyclic esters (lactones) is 2. The highest BCUT2D eigenvalue weighted by molar-refractivity contribution is 6.22. The summed E-state index contributed by atoms with van der Waals surface area (Å²) in [6, 6.07) is 21.6. The lowest BCUT2D eigenvalue weighted by Gasteiger charge is -2.30. The van der Waals surface area contributed by atoms with Crippen LogP contribution < -0.4 is 4.74 Å². The molecule has 6 rings (SSSR count). The fourth-order valence-corrected chi connectivity index (χ4v) is 6.03. The van der Waals surface area contributed by atoms with Crippen LogP contribution in [0.1, 0.15) is 77.6 Å². The maximum Gasteiger partial charge on any atom is 0.347 e. The van der Waals surface area contributed by atoms with E-state index in [2.05, 4.69) is 33.8 Å². The van der Waals surface area contributed by atoms with Crippen molar-refractivity contribution in [2.24, 2.45) is 0 Å². The topological polar surface area (TPSA) is 69.7 Å². The summed E-state index contributed by atoms with van der Waals surface area (Å²) in [5, 5.41) is 1.62. The average molecular weight is 491 g/mol.